The lowest BCUT2D eigenvalue weighted by Gasteiger charge is -2.08. The van der Waals surface area contributed by atoms with Crippen LogP contribution in [0.3, 0.4) is 0 Å². The molecule has 0 unspecified atom stereocenters. The molecule has 0 aliphatic heterocycles. The van der Waals surface area contributed by atoms with Gasteiger partial charge < -0.3 is 4.74 Å². The summed E-state index contributed by atoms with van der Waals surface area (Å²) in [5.74, 6) is 1.09. The first-order chi connectivity index (χ1) is 9.60. The van der Waals surface area contributed by atoms with Crippen LogP contribution >= 0.6 is 23.2 Å². The molecule has 0 saturated carbocycles. The minimum absolute atomic E-state index is 0.0390. The van der Waals surface area contributed by atoms with Crippen LogP contribution in [0, 0.1) is 10.1 Å². The molecule has 0 aliphatic carbocycles. The number of hydrogen-bond donors (Lipinski definition) is 0. The number of benzene rings is 2. The Labute approximate surface area is 126 Å². The quantitative estimate of drug-likeness (QED) is 0.462. The molecule has 0 fully saturated rings. The standard InChI is InChI=1S/C14H11Cl2NO3/c15-8-10-2-1-3-13(6-10)20-9-11-4-5-12(17(18)19)7-14(11)16/h1-7H,8-9H2. The summed E-state index contributed by atoms with van der Waals surface area (Å²) in [6, 6.07) is 11.7. The monoisotopic (exact) mass is 311 g/mol. The number of alkyl halides is 1. The predicted molar refractivity (Wildman–Crippen MR) is 78.4 cm³/mol. The van der Waals surface area contributed by atoms with Gasteiger partial charge in [0.15, 0.2) is 0 Å². The molecular formula is C14H11Cl2NO3. The first-order valence-corrected chi connectivity index (χ1v) is 6.72. The van der Waals surface area contributed by atoms with E-state index in [9.17, 15) is 10.1 Å². The predicted octanol–water partition coefficient (Wildman–Crippen LogP) is 4.57. The third-order valence-electron chi connectivity index (χ3n) is 2.69. The van der Waals surface area contributed by atoms with Gasteiger partial charge in [0, 0.05) is 23.6 Å². The van der Waals surface area contributed by atoms with Crippen LogP contribution in [-0.2, 0) is 12.5 Å². The van der Waals surface area contributed by atoms with E-state index in [4.69, 9.17) is 27.9 Å². The van der Waals surface area contributed by atoms with Gasteiger partial charge in [0.05, 0.1) is 9.95 Å². The molecule has 0 radical (unpaired) electrons. The van der Waals surface area contributed by atoms with Crippen LogP contribution in [0.1, 0.15) is 11.1 Å². The molecule has 2 aromatic carbocycles. The highest BCUT2D eigenvalue weighted by molar-refractivity contribution is 6.31. The Morgan fingerprint density at radius 1 is 1.20 bits per heavy atom. The van der Waals surface area contributed by atoms with Crippen molar-refractivity contribution in [2.75, 3.05) is 0 Å². The van der Waals surface area contributed by atoms with Crippen LogP contribution in [0.15, 0.2) is 42.5 Å². The molecule has 0 saturated heterocycles. The van der Waals surface area contributed by atoms with Crippen LogP contribution in [0.2, 0.25) is 5.02 Å². The van der Waals surface area contributed by atoms with Crippen LogP contribution in [-0.4, -0.2) is 4.92 Å². The smallest absolute Gasteiger partial charge is 0.270 e. The Morgan fingerprint density at radius 3 is 2.65 bits per heavy atom. The average Bonchev–Trinajstić information content (AvgIpc) is 2.46. The molecule has 2 aromatic rings. The second-order valence-electron chi connectivity index (χ2n) is 4.10. The molecule has 4 nitrogen and oxygen atoms in total. The van der Waals surface area contributed by atoms with E-state index in [0.717, 1.165) is 5.56 Å². The van der Waals surface area contributed by atoms with Crippen molar-refractivity contribution in [3.63, 3.8) is 0 Å². The van der Waals surface area contributed by atoms with Gasteiger partial charge in [0.2, 0.25) is 0 Å². The van der Waals surface area contributed by atoms with E-state index >= 15 is 0 Å². The van der Waals surface area contributed by atoms with Gasteiger partial charge in [-0.1, -0.05) is 23.7 Å². The topological polar surface area (TPSA) is 52.4 Å². The van der Waals surface area contributed by atoms with Gasteiger partial charge in [0.1, 0.15) is 12.4 Å². The average molecular weight is 312 g/mol. The summed E-state index contributed by atoms with van der Waals surface area (Å²) < 4.78 is 5.60. The molecular weight excluding hydrogens is 301 g/mol. The molecule has 0 amide bonds. The maximum Gasteiger partial charge on any atom is 0.270 e. The Balaban J connectivity index is 2.08. The second kappa shape index (κ2) is 6.59. The number of rotatable bonds is 5. The minimum atomic E-state index is -0.486. The van der Waals surface area contributed by atoms with Crippen LogP contribution in [0.4, 0.5) is 5.69 Å². The third-order valence-corrected chi connectivity index (χ3v) is 3.36. The third kappa shape index (κ3) is 3.62. The van der Waals surface area contributed by atoms with Crippen molar-refractivity contribution in [2.45, 2.75) is 12.5 Å². The molecule has 0 aromatic heterocycles. The van der Waals surface area contributed by atoms with Gasteiger partial charge in [-0.3, -0.25) is 10.1 Å². The summed E-state index contributed by atoms with van der Waals surface area (Å²) in [4.78, 5) is 10.1. The molecule has 0 atom stereocenters. The van der Waals surface area contributed by atoms with Crippen molar-refractivity contribution in [3.8, 4) is 5.75 Å². The zero-order chi connectivity index (χ0) is 14.5. The van der Waals surface area contributed by atoms with Crippen molar-refractivity contribution >= 4 is 28.9 Å². The van der Waals surface area contributed by atoms with E-state index in [-0.39, 0.29) is 12.3 Å². The van der Waals surface area contributed by atoms with E-state index in [2.05, 4.69) is 0 Å². The summed E-state index contributed by atoms with van der Waals surface area (Å²) in [6.45, 7) is 0.239. The molecule has 0 heterocycles. The Kier molecular flexibility index (Phi) is 4.82. The fourth-order valence-electron chi connectivity index (χ4n) is 1.65. The van der Waals surface area contributed by atoms with E-state index in [1.165, 1.54) is 12.1 Å². The highest BCUT2D eigenvalue weighted by Crippen LogP contribution is 2.24. The van der Waals surface area contributed by atoms with E-state index in [0.29, 0.717) is 22.2 Å². The van der Waals surface area contributed by atoms with Gasteiger partial charge in [-0.05, 0) is 23.8 Å². The molecule has 2 rings (SSSR count). The lowest BCUT2D eigenvalue weighted by molar-refractivity contribution is -0.384. The lowest BCUT2D eigenvalue weighted by Crippen LogP contribution is -1.97. The lowest BCUT2D eigenvalue weighted by atomic mass is 10.2. The van der Waals surface area contributed by atoms with Gasteiger partial charge in [-0.15, -0.1) is 11.6 Å². The van der Waals surface area contributed by atoms with Crippen molar-refractivity contribution in [2.24, 2.45) is 0 Å². The zero-order valence-electron chi connectivity index (χ0n) is 10.4. The number of hydrogen-bond acceptors (Lipinski definition) is 3. The summed E-state index contributed by atoms with van der Waals surface area (Å²) >= 11 is 11.7. The fourth-order valence-corrected chi connectivity index (χ4v) is 2.04. The Hall–Kier alpha value is -1.78. The maximum absolute atomic E-state index is 10.6. The number of nitro benzene ring substituents is 1. The first-order valence-electron chi connectivity index (χ1n) is 5.80. The molecule has 0 bridgehead atoms. The SMILES string of the molecule is O=[N+]([O-])c1ccc(COc2cccc(CCl)c2)c(Cl)c1. The van der Waals surface area contributed by atoms with Crippen molar-refractivity contribution in [1.29, 1.82) is 0 Å². The van der Waals surface area contributed by atoms with E-state index in [1.54, 1.807) is 6.07 Å². The van der Waals surface area contributed by atoms with Crippen LogP contribution < -0.4 is 4.74 Å². The van der Waals surface area contributed by atoms with Crippen molar-refractivity contribution < 1.29 is 9.66 Å². The minimum Gasteiger partial charge on any atom is -0.489 e. The summed E-state index contributed by atoms with van der Waals surface area (Å²) in [5.41, 5.74) is 1.61. The fraction of sp³-hybridized carbons (Fsp3) is 0.143. The number of nitrogens with zero attached hydrogens (tertiary/aromatic N) is 1. The number of ether oxygens (including phenoxy) is 1. The molecule has 0 aliphatic rings. The summed E-state index contributed by atoms with van der Waals surface area (Å²) in [7, 11) is 0. The van der Waals surface area contributed by atoms with E-state index < -0.39 is 4.92 Å². The number of nitro groups is 1. The molecule has 6 heteroatoms. The van der Waals surface area contributed by atoms with E-state index in [1.807, 2.05) is 24.3 Å². The number of non-ortho nitro benzene ring substituents is 1. The normalized spacial score (nSPS) is 10.3. The second-order valence-corrected chi connectivity index (χ2v) is 4.78. The van der Waals surface area contributed by atoms with Gasteiger partial charge in [-0.2, -0.15) is 0 Å². The zero-order valence-corrected chi connectivity index (χ0v) is 11.9. The molecule has 20 heavy (non-hydrogen) atoms. The van der Waals surface area contributed by atoms with Gasteiger partial charge in [-0.25, -0.2) is 0 Å². The molecule has 0 spiro atoms. The Bertz CT molecular complexity index is 632. The van der Waals surface area contributed by atoms with Crippen molar-refractivity contribution in [1.82, 2.24) is 0 Å². The van der Waals surface area contributed by atoms with Gasteiger partial charge >= 0.3 is 0 Å². The molecule has 104 valence electrons. The summed E-state index contributed by atoms with van der Waals surface area (Å²) in [6.07, 6.45) is 0. The highest BCUT2D eigenvalue weighted by Gasteiger charge is 2.09. The first kappa shape index (κ1) is 14.6. The summed E-state index contributed by atoms with van der Waals surface area (Å²) in [5, 5.41) is 10.9. The van der Waals surface area contributed by atoms with Crippen molar-refractivity contribution in [3.05, 3.63) is 68.7 Å². The van der Waals surface area contributed by atoms with Gasteiger partial charge in [0.25, 0.3) is 5.69 Å². The highest BCUT2D eigenvalue weighted by atomic mass is 35.5. The largest absolute Gasteiger partial charge is 0.489 e. The molecule has 0 N–H and O–H groups in total. The van der Waals surface area contributed by atoms with Crippen LogP contribution in [0.25, 0.3) is 0 Å². The number of halogens is 2. The van der Waals surface area contributed by atoms with Crippen LogP contribution in [0.5, 0.6) is 5.75 Å². The Morgan fingerprint density at radius 2 is 2.00 bits per heavy atom. The maximum atomic E-state index is 10.6.